The average Bonchev–Trinajstić information content (AvgIpc) is 0.811. The van der Waals surface area contributed by atoms with E-state index >= 15 is 0 Å². The van der Waals surface area contributed by atoms with Crippen LogP contribution >= 0.6 is 0 Å². The minimum Gasteiger partial charge on any atom is -1.00 e. The second-order valence-corrected chi connectivity index (χ2v) is 0.224. The molecule has 0 aliphatic heterocycles. The zero-order valence-corrected chi connectivity index (χ0v) is 8.58. The van der Waals surface area contributed by atoms with E-state index in [0.29, 0.717) is 0 Å². The van der Waals surface area contributed by atoms with E-state index in [1.165, 1.54) is 0 Å². The smallest absolute Gasteiger partial charge is 1.00 e. The topological polar surface area (TPSA) is 255 Å². The van der Waals surface area contributed by atoms with Gasteiger partial charge >= 0.3 is 45.4 Å². The van der Waals surface area contributed by atoms with Crippen molar-refractivity contribution >= 4 is 23.1 Å². The molecule has 12 heavy (non-hydrogen) atoms. The zero-order chi connectivity index (χ0) is 3.58. The first-order valence-corrected chi connectivity index (χ1v) is 0.548. The molecule has 0 bridgehead atoms. The first-order valence-electron chi connectivity index (χ1n) is 0.548. The molecule has 0 heterocycles. The van der Waals surface area contributed by atoms with Crippen LogP contribution in [-0.2, 0) is 22.4 Å². The SMILES string of the molecule is O.O.O.O.O.O.O=[N+]([O-])[O-].[Ag+].[H-].[H-].[Mg+2]. The van der Waals surface area contributed by atoms with Crippen LogP contribution in [0.15, 0.2) is 0 Å². The predicted molar refractivity (Wildman–Crippen MR) is 40.0 cm³/mol. The van der Waals surface area contributed by atoms with Crippen LogP contribution in [0.1, 0.15) is 2.85 Å². The van der Waals surface area contributed by atoms with Crippen molar-refractivity contribution in [1.29, 1.82) is 0 Å². The molecule has 0 aromatic carbocycles. The van der Waals surface area contributed by atoms with E-state index < -0.39 is 5.09 Å². The monoisotopic (exact) mass is 303 g/mol. The van der Waals surface area contributed by atoms with E-state index in [1.54, 1.807) is 0 Å². The Balaban J connectivity index is -0.000000001000. The summed E-state index contributed by atoms with van der Waals surface area (Å²) >= 11 is 0. The molecule has 10 nitrogen and oxygen atoms in total. The second kappa shape index (κ2) is 105. The number of rotatable bonds is 0. The zero-order valence-electron chi connectivity index (χ0n) is 7.68. The molecule has 0 rings (SSSR count). The third-order valence-electron chi connectivity index (χ3n) is 0. The van der Waals surface area contributed by atoms with Crippen molar-refractivity contribution in [2.75, 3.05) is 0 Å². The van der Waals surface area contributed by atoms with Gasteiger partial charge in [0.2, 0.25) is 0 Å². The predicted octanol–water partition coefficient (Wildman–Crippen LogP) is -5.35. The third kappa shape index (κ3) is 4310. The van der Waals surface area contributed by atoms with Gasteiger partial charge in [0.25, 0.3) is 0 Å². The molecule has 0 aliphatic rings. The van der Waals surface area contributed by atoms with Crippen molar-refractivity contribution in [3.63, 3.8) is 0 Å². The van der Waals surface area contributed by atoms with E-state index in [2.05, 4.69) is 0 Å². The molecule has 0 aromatic heterocycles. The molecule has 0 atom stereocenters. The van der Waals surface area contributed by atoms with E-state index in [1.807, 2.05) is 0 Å². The Kier molecular flexibility index (Phi) is 1190. The van der Waals surface area contributed by atoms with Gasteiger partial charge in [-0.15, -0.1) is 0 Å². The van der Waals surface area contributed by atoms with Gasteiger partial charge in [0.1, 0.15) is 0 Å². The summed E-state index contributed by atoms with van der Waals surface area (Å²) in [5, 5.41) is 14.8. The molecule has 0 unspecified atom stereocenters. The fraction of sp³-hybridized carbons (Fsp3) is 0. The Bertz CT molecular complexity index is 45.8. The van der Waals surface area contributed by atoms with Gasteiger partial charge in [0, 0.05) is 0 Å². The number of hydrogen-bond acceptors (Lipinski definition) is 3. The van der Waals surface area contributed by atoms with Gasteiger partial charge in [-0.05, 0) is 0 Å². The van der Waals surface area contributed by atoms with Gasteiger partial charge in [-0.3, -0.25) is 0 Å². The Morgan fingerprint density at radius 1 is 0.833 bits per heavy atom. The molecular formula is H14AgMgNO9. The molecule has 86 valence electrons. The molecule has 0 aliphatic carbocycles. The molecule has 0 aromatic rings. The van der Waals surface area contributed by atoms with Crippen molar-refractivity contribution in [2.45, 2.75) is 0 Å². The maximum atomic E-state index is 8.25. The van der Waals surface area contributed by atoms with Crippen LogP contribution in [0.25, 0.3) is 0 Å². The molecule has 0 saturated carbocycles. The average molecular weight is 304 g/mol. The molecular weight excluding hydrogens is 290 g/mol. The Labute approximate surface area is 102 Å². The molecule has 0 fully saturated rings. The maximum Gasteiger partial charge on any atom is 2.00 e. The van der Waals surface area contributed by atoms with E-state index in [4.69, 9.17) is 15.3 Å². The third-order valence-corrected chi connectivity index (χ3v) is 0. The van der Waals surface area contributed by atoms with Gasteiger partial charge in [-0.1, -0.05) is 0 Å². The normalized spacial score (nSPS) is 2.00. The van der Waals surface area contributed by atoms with Gasteiger partial charge in [-0.25, -0.2) is 0 Å². The second-order valence-electron chi connectivity index (χ2n) is 0.224. The molecule has 0 amide bonds. The quantitative estimate of drug-likeness (QED) is 0.241. The summed E-state index contributed by atoms with van der Waals surface area (Å²) in [5.74, 6) is 0. The Morgan fingerprint density at radius 2 is 0.833 bits per heavy atom. The minimum atomic E-state index is -1.75. The van der Waals surface area contributed by atoms with Gasteiger partial charge < -0.3 is 51.0 Å². The molecule has 0 spiro atoms. The fourth-order valence-corrected chi connectivity index (χ4v) is 0. The summed E-state index contributed by atoms with van der Waals surface area (Å²) in [6.45, 7) is 0. The van der Waals surface area contributed by atoms with Crippen LogP contribution < -0.4 is 0 Å². The fourth-order valence-electron chi connectivity index (χ4n) is 0. The van der Waals surface area contributed by atoms with Gasteiger partial charge in [0.15, 0.2) is 0 Å². The summed E-state index contributed by atoms with van der Waals surface area (Å²) in [6.07, 6.45) is 0. The first-order chi connectivity index (χ1) is 1.73. The van der Waals surface area contributed by atoms with Crippen LogP contribution in [0.5, 0.6) is 0 Å². The van der Waals surface area contributed by atoms with E-state index in [-0.39, 0.29) is 81.1 Å². The van der Waals surface area contributed by atoms with Crippen LogP contribution in [0, 0.1) is 15.3 Å². The molecule has 12 heteroatoms. The summed E-state index contributed by atoms with van der Waals surface area (Å²) in [6, 6.07) is 0. The van der Waals surface area contributed by atoms with Crippen molar-refractivity contribution in [1.82, 2.24) is 0 Å². The van der Waals surface area contributed by atoms with Gasteiger partial charge in [0.05, 0.1) is 5.09 Å². The molecule has 0 radical (unpaired) electrons. The van der Waals surface area contributed by atoms with Crippen molar-refractivity contribution in [3.05, 3.63) is 15.3 Å². The largest absolute Gasteiger partial charge is 2.00 e. The van der Waals surface area contributed by atoms with Crippen LogP contribution in [0.4, 0.5) is 0 Å². The molecule has 12 N–H and O–H groups in total. The van der Waals surface area contributed by atoms with Crippen molar-refractivity contribution < 1.29 is 63.2 Å². The number of hydrogen-bond donors (Lipinski definition) is 0. The first kappa shape index (κ1) is 136. The maximum absolute atomic E-state index is 8.25. The molecule has 0 saturated heterocycles. The summed E-state index contributed by atoms with van der Waals surface area (Å²) < 4.78 is 0. The van der Waals surface area contributed by atoms with Crippen LogP contribution in [0.3, 0.4) is 0 Å². The van der Waals surface area contributed by atoms with Gasteiger partial charge in [-0.2, -0.15) is 0 Å². The van der Waals surface area contributed by atoms with Crippen LogP contribution in [0.2, 0.25) is 0 Å². The summed E-state index contributed by atoms with van der Waals surface area (Å²) in [4.78, 5) is 8.25. The van der Waals surface area contributed by atoms with Crippen molar-refractivity contribution in [3.8, 4) is 0 Å². The number of nitrogens with zero attached hydrogens (tertiary/aromatic N) is 1. The van der Waals surface area contributed by atoms with E-state index in [9.17, 15) is 0 Å². The minimum absolute atomic E-state index is 0. The van der Waals surface area contributed by atoms with E-state index in [0.717, 1.165) is 0 Å². The Morgan fingerprint density at radius 3 is 0.833 bits per heavy atom. The standard InChI is InChI=1S/Ag.Mg.NO3.6H2O.2H/c;;2-1(3)4;;;;;;;;/h;;;6*1H2;;/q+1;+2;-1;;;;;;;2*-1. The summed E-state index contributed by atoms with van der Waals surface area (Å²) in [5.41, 5.74) is 0. The Hall–Kier alpha value is 0.466. The van der Waals surface area contributed by atoms with Crippen LogP contribution in [-0.4, -0.2) is 61.0 Å². The summed E-state index contributed by atoms with van der Waals surface area (Å²) in [7, 11) is 0. The van der Waals surface area contributed by atoms with Crippen molar-refractivity contribution in [2.24, 2.45) is 0 Å².